The molecule has 0 atom stereocenters. The quantitative estimate of drug-likeness (QED) is 0.825. The Labute approximate surface area is 98.3 Å². The lowest BCUT2D eigenvalue weighted by atomic mass is 10.0. The van der Waals surface area contributed by atoms with Gasteiger partial charge in [0.05, 0.1) is 7.11 Å². The van der Waals surface area contributed by atoms with Crippen molar-refractivity contribution in [3.05, 3.63) is 35.9 Å². The molecule has 0 saturated heterocycles. The van der Waals surface area contributed by atoms with Gasteiger partial charge in [-0.1, -0.05) is 32.1 Å². The Balaban J connectivity index is 0.000000606. The Bertz CT molecular complexity index is 327. The number of hydrogen-bond acceptors (Lipinski definition) is 2. The van der Waals surface area contributed by atoms with Gasteiger partial charge in [0.25, 0.3) is 0 Å². The van der Waals surface area contributed by atoms with E-state index in [0.717, 1.165) is 25.3 Å². The van der Waals surface area contributed by atoms with Crippen LogP contribution in [-0.4, -0.2) is 20.2 Å². The second-order valence-corrected chi connectivity index (χ2v) is 3.41. The minimum atomic E-state index is 0.920. The van der Waals surface area contributed by atoms with E-state index in [1.54, 1.807) is 7.11 Å². The molecule has 0 saturated carbocycles. The summed E-state index contributed by atoms with van der Waals surface area (Å²) in [5.74, 6) is 0.920. The van der Waals surface area contributed by atoms with Crippen molar-refractivity contribution >= 4 is 5.57 Å². The molecule has 0 aromatic heterocycles. The molecule has 1 aliphatic heterocycles. The van der Waals surface area contributed by atoms with Gasteiger partial charge in [0.2, 0.25) is 0 Å². The molecular formula is C14H21NO. The van der Waals surface area contributed by atoms with Crippen LogP contribution in [0.3, 0.4) is 0 Å². The zero-order chi connectivity index (χ0) is 11.8. The maximum atomic E-state index is 5.12. The minimum absolute atomic E-state index is 0.920. The van der Waals surface area contributed by atoms with Crippen LogP contribution in [-0.2, 0) is 0 Å². The van der Waals surface area contributed by atoms with E-state index in [9.17, 15) is 0 Å². The van der Waals surface area contributed by atoms with Gasteiger partial charge in [0.1, 0.15) is 5.75 Å². The Hall–Kier alpha value is -1.28. The van der Waals surface area contributed by atoms with E-state index in [1.165, 1.54) is 11.1 Å². The van der Waals surface area contributed by atoms with Crippen molar-refractivity contribution in [1.29, 1.82) is 0 Å². The fraction of sp³-hybridized carbons (Fsp3) is 0.429. The molecular weight excluding hydrogens is 198 g/mol. The molecule has 1 heterocycles. The maximum Gasteiger partial charge on any atom is 0.118 e. The molecule has 16 heavy (non-hydrogen) atoms. The van der Waals surface area contributed by atoms with E-state index >= 15 is 0 Å². The van der Waals surface area contributed by atoms with Crippen LogP contribution in [0.15, 0.2) is 30.3 Å². The average Bonchev–Trinajstić information content (AvgIpc) is 2.42. The minimum Gasteiger partial charge on any atom is -0.497 e. The molecule has 2 heteroatoms. The van der Waals surface area contributed by atoms with Gasteiger partial charge in [-0.25, -0.2) is 0 Å². The van der Waals surface area contributed by atoms with Crippen molar-refractivity contribution in [2.75, 3.05) is 20.2 Å². The summed E-state index contributed by atoms with van der Waals surface area (Å²) in [4.78, 5) is 0. The molecule has 1 aliphatic rings. The van der Waals surface area contributed by atoms with Gasteiger partial charge in [-0.15, -0.1) is 0 Å². The lowest BCUT2D eigenvalue weighted by Gasteiger charge is -2.14. The van der Waals surface area contributed by atoms with Crippen LogP contribution in [0.4, 0.5) is 0 Å². The summed E-state index contributed by atoms with van der Waals surface area (Å²) in [7, 11) is 1.69. The van der Waals surface area contributed by atoms with Crippen LogP contribution in [0.5, 0.6) is 5.75 Å². The second-order valence-electron chi connectivity index (χ2n) is 3.41. The highest BCUT2D eigenvalue weighted by Crippen LogP contribution is 2.21. The molecule has 1 aromatic carbocycles. The number of hydrogen-bond donors (Lipinski definition) is 1. The Morgan fingerprint density at radius 1 is 1.12 bits per heavy atom. The molecule has 0 spiro atoms. The van der Waals surface area contributed by atoms with Crippen LogP contribution in [0, 0.1) is 0 Å². The predicted octanol–water partition coefficient (Wildman–Crippen LogP) is 3.10. The van der Waals surface area contributed by atoms with Gasteiger partial charge < -0.3 is 10.1 Å². The fourth-order valence-electron chi connectivity index (χ4n) is 1.69. The Kier molecular flexibility index (Phi) is 5.65. The lowest BCUT2D eigenvalue weighted by Crippen LogP contribution is -2.19. The van der Waals surface area contributed by atoms with Crippen LogP contribution < -0.4 is 10.1 Å². The molecule has 0 amide bonds. The molecule has 0 unspecified atom stereocenters. The molecule has 0 fully saturated rings. The first kappa shape index (κ1) is 12.8. The number of nitrogens with one attached hydrogen (secondary N) is 1. The van der Waals surface area contributed by atoms with Gasteiger partial charge in [-0.2, -0.15) is 0 Å². The van der Waals surface area contributed by atoms with E-state index in [-0.39, 0.29) is 0 Å². The van der Waals surface area contributed by atoms with Crippen LogP contribution in [0.25, 0.3) is 5.57 Å². The number of ether oxygens (including phenoxy) is 1. The fourth-order valence-corrected chi connectivity index (χ4v) is 1.69. The van der Waals surface area contributed by atoms with Gasteiger partial charge in [-0.3, -0.25) is 0 Å². The highest BCUT2D eigenvalue weighted by atomic mass is 16.5. The molecule has 0 aliphatic carbocycles. The molecule has 2 nitrogen and oxygen atoms in total. The second kappa shape index (κ2) is 7.07. The lowest BCUT2D eigenvalue weighted by molar-refractivity contribution is 0.415. The summed E-state index contributed by atoms with van der Waals surface area (Å²) in [5.41, 5.74) is 2.75. The summed E-state index contributed by atoms with van der Waals surface area (Å²) in [6.45, 7) is 6.07. The Morgan fingerprint density at radius 3 is 2.31 bits per heavy atom. The Morgan fingerprint density at radius 2 is 1.81 bits per heavy atom. The molecule has 1 aromatic rings. The topological polar surface area (TPSA) is 21.3 Å². The summed E-state index contributed by atoms with van der Waals surface area (Å²) in [6.07, 6.45) is 3.37. The molecule has 88 valence electrons. The highest BCUT2D eigenvalue weighted by molar-refractivity contribution is 5.67. The smallest absolute Gasteiger partial charge is 0.118 e. The molecule has 2 rings (SSSR count). The van der Waals surface area contributed by atoms with Gasteiger partial charge in [0.15, 0.2) is 0 Å². The zero-order valence-corrected chi connectivity index (χ0v) is 10.4. The van der Waals surface area contributed by atoms with Gasteiger partial charge in [0, 0.05) is 6.54 Å². The van der Waals surface area contributed by atoms with Crippen molar-refractivity contribution in [3.8, 4) is 5.75 Å². The summed E-state index contributed by atoms with van der Waals surface area (Å²) in [5, 5.41) is 3.31. The van der Waals surface area contributed by atoms with E-state index in [1.807, 2.05) is 26.0 Å². The summed E-state index contributed by atoms with van der Waals surface area (Å²) in [6, 6.07) is 8.27. The van der Waals surface area contributed by atoms with Crippen LogP contribution in [0.2, 0.25) is 0 Å². The van der Waals surface area contributed by atoms with E-state index in [0.29, 0.717) is 0 Å². The zero-order valence-electron chi connectivity index (χ0n) is 10.4. The highest BCUT2D eigenvalue weighted by Gasteiger charge is 2.04. The molecule has 1 N–H and O–H groups in total. The van der Waals surface area contributed by atoms with Gasteiger partial charge in [-0.05, 0) is 36.2 Å². The van der Waals surface area contributed by atoms with Crippen LogP contribution >= 0.6 is 0 Å². The van der Waals surface area contributed by atoms with Crippen molar-refractivity contribution in [1.82, 2.24) is 5.32 Å². The number of methoxy groups -OCH3 is 1. The standard InChI is InChI=1S/C12H15NO.C2H6/c1-14-12-4-2-10(3-5-12)11-6-8-13-9-7-11;1-2/h2-6,13H,7-9H2,1H3;1-2H3. The van der Waals surface area contributed by atoms with Crippen molar-refractivity contribution in [3.63, 3.8) is 0 Å². The largest absolute Gasteiger partial charge is 0.497 e. The monoisotopic (exact) mass is 219 g/mol. The average molecular weight is 219 g/mol. The number of rotatable bonds is 2. The normalized spacial score (nSPS) is 14.6. The van der Waals surface area contributed by atoms with Crippen molar-refractivity contribution < 1.29 is 4.74 Å². The first-order valence-corrected chi connectivity index (χ1v) is 5.94. The number of benzene rings is 1. The van der Waals surface area contributed by atoms with Crippen LogP contribution in [0.1, 0.15) is 25.8 Å². The SMILES string of the molecule is CC.COc1ccc(C2=CCNCC2)cc1. The van der Waals surface area contributed by atoms with E-state index in [4.69, 9.17) is 4.74 Å². The van der Waals surface area contributed by atoms with Crippen molar-refractivity contribution in [2.24, 2.45) is 0 Å². The third-order valence-electron chi connectivity index (χ3n) is 2.52. The van der Waals surface area contributed by atoms with E-state index < -0.39 is 0 Å². The van der Waals surface area contributed by atoms with Crippen molar-refractivity contribution in [2.45, 2.75) is 20.3 Å². The summed E-state index contributed by atoms with van der Waals surface area (Å²) < 4.78 is 5.12. The first-order valence-electron chi connectivity index (χ1n) is 5.94. The maximum absolute atomic E-state index is 5.12. The van der Waals surface area contributed by atoms with E-state index in [2.05, 4.69) is 23.5 Å². The molecule has 0 bridgehead atoms. The predicted molar refractivity (Wildman–Crippen MR) is 69.8 cm³/mol. The summed E-state index contributed by atoms with van der Waals surface area (Å²) >= 11 is 0. The third-order valence-corrected chi connectivity index (χ3v) is 2.52. The molecule has 0 radical (unpaired) electrons. The third kappa shape index (κ3) is 3.38. The van der Waals surface area contributed by atoms with Gasteiger partial charge >= 0.3 is 0 Å². The first-order chi connectivity index (χ1) is 7.90.